The van der Waals surface area contributed by atoms with Crippen LogP contribution in [0.3, 0.4) is 0 Å². The molecule has 136 valence electrons. The Morgan fingerprint density at radius 1 is 1.24 bits per heavy atom. The monoisotopic (exact) mass is 367 g/mol. The number of hydrogen-bond acceptors (Lipinski definition) is 8. The summed E-state index contributed by atoms with van der Waals surface area (Å²) in [7, 11) is -3.02. The van der Waals surface area contributed by atoms with Gasteiger partial charge in [0.2, 0.25) is 11.9 Å². The summed E-state index contributed by atoms with van der Waals surface area (Å²) < 4.78 is 38.6. The summed E-state index contributed by atoms with van der Waals surface area (Å²) in [6.45, 7) is 0. The van der Waals surface area contributed by atoms with Crippen molar-refractivity contribution < 1.29 is 17.7 Å². The highest BCUT2D eigenvalue weighted by molar-refractivity contribution is 7.86. The van der Waals surface area contributed by atoms with Crippen LogP contribution in [0, 0.1) is 0 Å². The standard InChI is InChI=1S/C15H21N5O4S/c1-24-10-5-6-12(25(21,22)23)11(9-10)20-14(17)18-13(16)19-15(20)7-3-2-4-8-15/h5-6,9H,2-4,7-8H2,1H3,(H,21,22,23)(H4,16,17,18,19). The second-order valence-electron chi connectivity index (χ2n) is 6.13. The summed E-state index contributed by atoms with van der Waals surface area (Å²) in [6.07, 6.45) is 4.13. The lowest BCUT2D eigenvalue weighted by Gasteiger charge is -2.46. The quantitative estimate of drug-likeness (QED) is 0.677. The lowest BCUT2D eigenvalue weighted by Crippen LogP contribution is -2.58. The third kappa shape index (κ3) is 3.14. The highest BCUT2D eigenvalue weighted by Crippen LogP contribution is 2.42. The van der Waals surface area contributed by atoms with Crippen LogP contribution in [-0.2, 0) is 10.1 Å². The number of nitrogens with zero attached hydrogens (tertiary/aromatic N) is 3. The molecule has 25 heavy (non-hydrogen) atoms. The first-order valence-corrected chi connectivity index (χ1v) is 9.36. The minimum atomic E-state index is -4.49. The van der Waals surface area contributed by atoms with Crippen LogP contribution < -0.4 is 21.1 Å². The van der Waals surface area contributed by atoms with Crippen LogP contribution in [0.4, 0.5) is 5.69 Å². The molecule has 1 heterocycles. The normalized spacial score (nSPS) is 20.2. The Bertz CT molecular complexity index is 843. The topological polar surface area (TPSA) is 144 Å². The molecule has 0 bridgehead atoms. The van der Waals surface area contributed by atoms with E-state index in [9.17, 15) is 13.0 Å². The number of methoxy groups -OCH3 is 1. The van der Waals surface area contributed by atoms with E-state index < -0.39 is 15.8 Å². The van der Waals surface area contributed by atoms with Crippen LogP contribution in [-0.4, -0.2) is 37.7 Å². The lowest BCUT2D eigenvalue weighted by atomic mass is 9.87. The van der Waals surface area contributed by atoms with Gasteiger partial charge in [-0.15, -0.1) is 0 Å². The van der Waals surface area contributed by atoms with E-state index in [1.807, 2.05) is 0 Å². The SMILES string of the molecule is COc1ccc(S(=O)(=O)O)c(N2C(N)=NC(N)=NC23CCCCC3)c1. The van der Waals surface area contributed by atoms with Gasteiger partial charge >= 0.3 is 0 Å². The van der Waals surface area contributed by atoms with Crippen molar-refractivity contribution in [3.8, 4) is 5.75 Å². The van der Waals surface area contributed by atoms with Crippen LogP contribution >= 0.6 is 0 Å². The minimum Gasteiger partial charge on any atom is -0.497 e. The fraction of sp³-hybridized carbons (Fsp3) is 0.467. The zero-order valence-corrected chi connectivity index (χ0v) is 14.7. The van der Waals surface area contributed by atoms with Crippen molar-refractivity contribution in [2.45, 2.75) is 42.7 Å². The number of guanidine groups is 2. The summed E-state index contributed by atoms with van der Waals surface area (Å²) in [6, 6.07) is 4.23. The molecular weight excluding hydrogens is 346 g/mol. The van der Waals surface area contributed by atoms with Crippen molar-refractivity contribution >= 4 is 27.7 Å². The number of hydrogen-bond donors (Lipinski definition) is 3. The molecule has 0 unspecified atom stereocenters. The van der Waals surface area contributed by atoms with E-state index in [1.54, 1.807) is 4.90 Å². The van der Waals surface area contributed by atoms with Crippen molar-refractivity contribution in [1.29, 1.82) is 0 Å². The van der Waals surface area contributed by atoms with Crippen LogP contribution in [0.2, 0.25) is 0 Å². The Hall–Kier alpha value is -2.33. The molecule has 1 aromatic rings. The molecular formula is C15H21N5O4S. The van der Waals surface area contributed by atoms with Gasteiger partial charge in [0.1, 0.15) is 16.3 Å². The molecule has 0 atom stereocenters. The molecule has 1 fully saturated rings. The second-order valence-corrected chi connectivity index (χ2v) is 7.52. The molecule has 5 N–H and O–H groups in total. The van der Waals surface area contributed by atoms with Gasteiger partial charge in [-0.3, -0.25) is 9.45 Å². The first kappa shape index (κ1) is 17.5. The van der Waals surface area contributed by atoms with E-state index in [1.165, 1.54) is 25.3 Å². The van der Waals surface area contributed by atoms with E-state index in [4.69, 9.17) is 16.2 Å². The van der Waals surface area contributed by atoms with Crippen LogP contribution in [0.1, 0.15) is 32.1 Å². The molecule has 2 aliphatic rings. The molecule has 10 heteroatoms. The third-order valence-electron chi connectivity index (χ3n) is 4.54. The van der Waals surface area contributed by atoms with Gasteiger partial charge in [-0.2, -0.15) is 13.4 Å². The maximum Gasteiger partial charge on any atom is 0.296 e. The average Bonchev–Trinajstić information content (AvgIpc) is 2.53. The molecule has 0 aromatic heterocycles. The van der Waals surface area contributed by atoms with Crippen LogP contribution in [0.5, 0.6) is 5.75 Å². The molecule has 0 radical (unpaired) electrons. The first-order valence-electron chi connectivity index (χ1n) is 7.92. The van der Waals surface area contributed by atoms with Gasteiger partial charge in [0.15, 0.2) is 0 Å². The zero-order chi connectivity index (χ0) is 18.2. The van der Waals surface area contributed by atoms with Crippen LogP contribution in [0.15, 0.2) is 33.1 Å². The maximum absolute atomic E-state index is 11.9. The smallest absolute Gasteiger partial charge is 0.296 e. The summed E-state index contributed by atoms with van der Waals surface area (Å²) >= 11 is 0. The summed E-state index contributed by atoms with van der Waals surface area (Å²) in [5.74, 6) is 0.517. The Morgan fingerprint density at radius 3 is 2.52 bits per heavy atom. The number of aliphatic imine (C=N–C) groups is 2. The van der Waals surface area contributed by atoms with Gasteiger partial charge in [-0.05, 0) is 37.8 Å². The Kier molecular flexibility index (Phi) is 4.33. The van der Waals surface area contributed by atoms with Gasteiger partial charge in [0.25, 0.3) is 10.1 Å². The Morgan fingerprint density at radius 2 is 1.92 bits per heavy atom. The molecule has 0 amide bonds. The summed E-state index contributed by atoms with van der Waals surface area (Å²) in [5, 5.41) is 0. The highest BCUT2D eigenvalue weighted by atomic mass is 32.2. The van der Waals surface area contributed by atoms with Gasteiger partial charge in [-0.1, -0.05) is 6.42 Å². The van der Waals surface area contributed by atoms with Gasteiger partial charge < -0.3 is 16.2 Å². The Labute approximate surface area is 146 Å². The number of rotatable bonds is 3. The highest BCUT2D eigenvalue weighted by Gasteiger charge is 2.44. The number of benzene rings is 1. The fourth-order valence-electron chi connectivity index (χ4n) is 3.49. The van der Waals surface area contributed by atoms with Gasteiger partial charge in [0.05, 0.1) is 12.8 Å². The third-order valence-corrected chi connectivity index (χ3v) is 5.44. The minimum absolute atomic E-state index is 0.0348. The molecule has 0 saturated heterocycles. The number of nitrogens with two attached hydrogens (primary N) is 2. The summed E-state index contributed by atoms with van der Waals surface area (Å²) in [4.78, 5) is 9.76. The summed E-state index contributed by atoms with van der Waals surface area (Å²) in [5.41, 5.74) is 11.3. The fourth-order valence-corrected chi connectivity index (χ4v) is 4.14. The second kappa shape index (κ2) is 6.19. The van der Waals surface area contributed by atoms with E-state index in [0.29, 0.717) is 18.6 Å². The molecule has 1 saturated carbocycles. The zero-order valence-electron chi connectivity index (χ0n) is 13.8. The molecule has 1 aliphatic heterocycles. The predicted octanol–water partition coefficient (Wildman–Crippen LogP) is 1.05. The molecule has 9 nitrogen and oxygen atoms in total. The predicted molar refractivity (Wildman–Crippen MR) is 94.3 cm³/mol. The Balaban J connectivity index is 2.23. The van der Waals surface area contributed by atoms with Gasteiger partial charge in [-0.25, -0.2) is 4.99 Å². The molecule has 1 aliphatic carbocycles. The van der Waals surface area contributed by atoms with Crippen molar-refractivity contribution in [3.63, 3.8) is 0 Å². The molecule has 1 aromatic carbocycles. The lowest BCUT2D eigenvalue weighted by molar-refractivity contribution is 0.304. The molecule has 1 spiro atoms. The number of ether oxygens (including phenoxy) is 1. The van der Waals surface area contributed by atoms with E-state index >= 15 is 0 Å². The van der Waals surface area contributed by atoms with Gasteiger partial charge in [0, 0.05) is 6.07 Å². The maximum atomic E-state index is 11.9. The van der Waals surface area contributed by atoms with E-state index in [-0.39, 0.29) is 22.5 Å². The van der Waals surface area contributed by atoms with E-state index in [0.717, 1.165) is 19.3 Å². The largest absolute Gasteiger partial charge is 0.497 e. The average molecular weight is 367 g/mol. The first-order chi connectivity index (χ1) is 11.8. The van der Waals surface area contributed by atoms with Crippen molar-refractivity contribution in [2.24, 2.45) is 21.5 Å². The van der Waals surface area contributed by atoms with Crippen molar-refractivity contribution in [3.05, 3.63) is 18.2 Å². The molecule has 3 rings (SSSR count). The van der Waals surface area contributed by atoms with Crippen molar-refractivity contribution in [2.75, 3.05) is 12.0 Å². The van der Waals surface area contributed by atoms with Crippen molar-refractivity contribution in [1.82, 2.24) is 0 Å². The van der Waals surface area contributed by atoms with Crippen LogP contribution in [0.25, 0.3) is 0 Å². The van der Waals surface area contributed by atoms with E-state index in [2.05, 4.69) is 9.98 Å². The number of anilines is 1.